The summed E-state index contributed by atoms with van der Waals surface area (Å²) in [6, 6.07) is 2.28. The molecule has 0 spiro atoms. The van der Waals surface area contributed by atoms with Gasteiger partial charge in [-0.3, -0.25) is 14.5 Å². The first kappa shape index (κ1) is 19.4. The van der Waals surface area contributed by atoms with Crippen molar-refractivity contribution in [1.29, 1.82) is 5.26 Å². The fraction of sp³-hybridized carbons (Fsp3) is 0.650. The normalized spacial score (nSPS) is 22.5. The van der Waals surface area contributed by atoms with Gasteiger partial charge in [0.1, 0.15) is 17.2 Å². The van der Waals surface area contributed by atoms with Gasteiger partial charge in [0, 0.05) is 37.7 Å². The number of thiophene rings is 1. The van der Waals surface area contributed by atoms with E-state index >= 15 is 0 Å². The number of aryl methyl sites for hydroxylation is 1. The first-order valence-electron chi connectivity index (χ1n) is 10.1. The van der Waals surface area contributed by atoms with Gasteiger partial charge in [-0.2, -0.15) is 5.26 Å². The Balaban J connectivity index is 1.29. The van der Waals surface area contributed by atoms with E-state index < -0.39 is 0 Å². The van der Waals surface area contributed by atoms with E-state index in [9.17, 15) is 14.9 Å². The summed E-state index contributed by atoms with van der Waals surface area (Å²) in [7, 11) is 0. The fourth-order valence-electron chi connectivity index (χ4n) is 4.24. The summed E-state index contributed by atoms with van der Waals surface area (Å²) in [6.07, 6.45) is 5.70. The maximum absolute atomic E-state index is 12.5. The van der Waals surface area contributed by atoms with Crippen LogP contribution in [0, 0.1) is 11.3 Å². The van der Waals surface area contributed by atoms with E-state index in [0.717, 1.165) is 44.1 Å². The second-order valence-corrected chi connectivity index (χ2v) is 8.78. The Hall–Kier alpha value is -1.95. The second-order valence-electron chi connectivity index (χ2n) is 7.68. The number of carbonyl (C=O) groups is 2. The molecule has 1 aromatic heterocycles. The molecule has 1 N–H and O–H groups in total. The van der Waals surface area contributed by atoms with Crippen molar-refractivity contribution in [3.8, 4) is 6.07 Å². The van der Waals surface area contributed by atoms with E-state index in [1.54, 1.807) is 11.3 Å². The number of nitriles is 1. The largest absolute Gasteiger partial charge is 0.368 e. The Morgan fingerprint density at radius 2 is 1.96 bits per heavy atom. The number of nitrogens with zero attached hydrogens (tertiary/aromatic N) is 3. The topological polar surface area (TPSA) is 85.7 Å². The van der Waals surface area contributed by atoms with Crippen LogP contribution in [0.15, 0.2) is 0 Å². The van der Waals surface area contributed by atoms with Crippen molar-refractivity contribution >= 4 is 28.2 Å². The quantitative estimate of drug-likeness (QED) is 0.829. The molecule has 2 fully saturated rings. The SMILES string of the molecule is N#Cc1c(NC(=O)CN2CCN(C(=O)C3CCCO3)CC2)sc2c1CCCC2. The third-order valence-corrected chi connectivity index (χ3v) is 7.00. The van der Waals surface area contributed by atoms with Crippen molar-refractivity contribution in [3.63, 3.8) is 0 Å². The third kappa shape index (κ3) is 4.07. The van der Waals surface area contributed by atoms with Gasteiger partial charge in [0.05, 0.1) is 12.1 Å². The molecule has 1 unspecified atom stereocenters. The van der Waals surface area contributed by atoms with E-state index in [4.69, 9.17) is 4.74 Å². The van der Waals surface area contributed by atoms with E-state index in [1.165, 1.54) is 4.88 Å². The van der Waals surface area contributed by atoms with Gasteiger partial charge in [-0.15, -0.1) is 11.3 Å². The number of ether oxygens (including phenoxy) is 1. The summed E-state index contributed by atoms with van der Waals surface area (Å²) in [5, 5.41) is 13.2. The Labute approximate surface area is 169 Å². The van der Waals surface area contributed by atoms with Gasteiger partial charge in [0.15, 0.2) is 0 Å². The molecule has 4 rings (SSSR count). The summed E-state index contributed by atoms with van der Waals surface area (Å²) < 4.78 is 5.49. The van der Waals surface area contributed by atoms with Crippen molar-refractivity contribution < 1.29 is 14.3 Å². The van der Waals surface area contributed by atoms with Crippen LogP contribution >= 0.6 is 11.3 Å². The zero-order chi connectivity index (χ0) is 19.5. The molecule has 3 aliphatic rings. The lowest BCUT2D eigenvalue weighted by Crippen LogP contribution is -2.52. The zero-order valence-corrected chi connectivity index (χ0v) is 16.9. The molecular formula is C20H26N4O3S. The highest BCUT2D eigenvalue weighted by molar-refractivity contribution is 7.16. The summed E-state index contributed by atoms with van der Waals surface area (Å²) in [6.45, 7) is 3.57. The molecule has 0 bridgehead atoms. The van der Waals surface area contributed by atoms with Gasteiger partial charge in [-0.05, 0) is 44.1 Å². The maximum atomic E-state index is 12.5. The molecule has 2 saturated heterocycles. The molecule has 0 radical (unpaired) electrons. The summed E-state index contributed by atoms with van der Waals surface area (Å²) in [4.78, 5) is 30.1. The van der Waals surface area contributed by atoms with Gasteiger partial charge < -0.3 is 15.0 Å². The summed E-state index contributed by atoms with van der Waals surface area (Å²) >= 11 is 1.56. The molecule has 0 aromatic carbocycles. The molecular weight excluding hydrogens is 376 g/mol. The van der Waals surface area contributed by atoms with Gasteiger partial charge in [0.25, 0.3) is 5.91 Å². The Kier molecular flexibility index (Phi) is 5.95. The highest BCUT2D eigenvalue weighted by Crippen LogP contribution is 2.37. The number of hydrogen-bond acceptors (Lipinski definition) is 6. The van der Waals surface area contributed by atoms with Crippen LogP contribution in [-0.4, -0.2) is 67.0 Å². The monoisotopic (exact) mass is 402 g/mol. The number of anilines is 1. The van der Waals surface area contributed by atoms with Crippen LogP contribution in [-0.2, 0) is 27.2 Å². The van der Waals surface area contributed by atoms with E-state index in [-0.39, 0.29) is 24.5 Å². The minimum absolute atomic E-state index is 0.0874. The van der Waals surface area contributed by atoms with Crippen LogP contribution in [0.1, 0.15) is 41.7 Å². The average molecular weight is 403 g/mol. The average Bonchev–Trinajstić information content (AvgIpc) is 3.35. The number of hydrogen-bond donors (Lipinski definition) is 1. The highest BCUT2D eigenvalue weighted by Gasteiger charge is 2.31. The van der Waals surface area contributed by atoms with Gasteiger partial charge in [0.2, 0.25) is 5.91 Å². The van der Waals surface area contributed by atoms with Crippen molar-refractivity contribution in [1.82, 2.24) is 9.80 Å². The van der Waals surface area contributed by atoms with Crippen LogP contribution in [0.2, 0.25) is 0 Å². The smallest absolute Gasteiger partial charge is 0.251 e. The molecule has 0 saturated carbocycles. The molecule has 1 aromatic rings. The molecule has 2 amide bonds. The lowest BCUT2D eigenvalue weighted by Gasteiger charge is -2.35. The molecule has 2 aliphatic heterocycles. The van der Waals surface area contributed by atoms with Crippen LogP contribution in [0.3, 0.4) is 0 Å². The van der Waals surface area contributed by atoms with Crippen molar-refractivity contribution in [2.24, 2.45) is 0 Å². The minimum Gasteiger partial charge on any atom is -0.368 e. The summed E-state index contributed by atoms with van der Waals surface area (Å²) in [5.41, 5.74) is 1.79. The van der Waals surface area contributed by atoms with E-state index in [1.807, 2.05) is 4.90 Å². The first-order chi connectivity index (χ1) is 13.7. The minimum atomic E-state index is -0.274. The lowest BCUT2D eigenvalue weighted by molar-refractivity contribution is -0.142. The Morgan fingerprint density at radius 1 is 1.18 bits per heavy atom. The van der Waals surface area contributed by atoms with Crippen LogP contribution in [0.4, 0.5) is 5.00 Å². The maximum Gasteiger partial charge on any atom is 0.251 e. The predicted octanol–water partition coefficient (Wildman–Crippen LogP) is 1.76. The third-order valence-electron chi connectivity index (χ3n) is 5.79. The number of rotatable bonds is 4. The Bertz CT molecular complexity index is 786. The summed E-state index contributed by atoms with van der Waals surface area (Å²) in [5.74, 6) is -0.00145. The number of carbonyl (C=O) groups excluding carboxylic acids is 2. The molecule has 28 heavy (non-hydrogen) atoms. The Morgan fingerprint density at radius 3 is 2.68 bits per heavy atom. The van der Waals surface area contributed by atoms with Crippen molar-refractivity contribution in [2.45, 2.75) is 44.6 Å². The van der Waals surface area contributed by atoms with Crippen LogP contribution in [0.25, 0.3) is 0 Å². The van der Waals surface area contributed by atoms with Gasteiger partial charge in [-0.1, -0.05) is 0 Å². The predicted molar refractivity (Wildman–Crippen MR) is 106 cm³/mol. The number of fused-ring (bicyclic) bond motifs is 1. The number of amides is 2. The second kappa shape index (κ2) is 8.60. The first-order valence-corrected chi connectivity index (χ1v) is 10.9. The van der Waals surface area contributed by atoms with E-state index in [2.05, 4.69) is 16.3 Å². The molecule has 1 atom stereocenters. The lowest BCUT2D eigenvalue weighted by atomic mass is 9.96. The fourth-order valence-corrected chi connectivity index (χ4v) is 5.50. The number of nitrogens with one attached hydrogen (secondary N) is 1. The van der Waals surface area contributed by atoms with E-state index in [0.29, 0.717) is 43.4 Å². The molecule has 7 nitrogen and oxygen atoms in total. The van der Waals surface area contributed by atoms with Gasteiger partial charge in [-0.25, -0.2) is 0 Å². The van der Waals surface area contributed by atoms with Gasteiger partial charge >= 0.3 is 0 Å². The molecule has 150 valence electrons. The number of piperazine rings is 1. The van der Waals surface area contributed by atoms with Crippen molar-refractivity contribution in [2.75, 3.05) is 44.6 Å². The van der Waals surface area contributed by atoms with Crippen molar-refractivity contribution in [3.05, 3.63) is 16.0 Å². The molecule has 3 heterocycles. The van der Waals surface area contributed by atoms with Crippen LogP contribution < -0.4 is 5.32 Å². The standard InChI is InChI=1S/C20H26N4O3S/c21-12-15-14-4-1-2-6-17(14)28-19(15)22-18(25)13-23-7-9-24(10-8-23)20(26)16-5-3-11-27-16/h16H,1-11,13H2,(H,22,25). The molecule has 1 aliphatic carbocycles. The van der Waals surface area contributed by atoms with Crippen LogP contribution in [0.5, 0.6) is 0 Å². The highest BCUT2D eigenvalue weighted by atomic mass is 32.1. The molecule has 8 heteroatoms. The zero-order valence-electron chi connectivity index (χ0n) is 16.0.